The highest BCUT2D eigenvalue weighted by Crippen LogP contribution is 2.34. The maximum atomic E-state index is 13.9. The summed E-state index contributed by atoms with van der Waals surface area (Å²) < 4.78 is 13.9. The van der Waals surface area contributed by atoms with Gasteiger partial charge in [0.25, 0.3) is 0 Å². The molecule has 0 atom stereocenters. The van der Waals surface area contributed by atoms with Gasteiger partial charge in [-0.05, 0) is 55.6 Å². The fourth-order valence-electron chi connectivity index (χ4n) is 4.66. The first-order chi connectivity index (χ1) is 16.6. The van der Waals surface area contributed by atoms with E-state index in [9.17, 15) is 9.50 Å². The summed E-state index contributed by atoms with van der Waals surface area (Å²) in [4.78, 5) is 13.7. The van der Waals surface area contributed by atoms with Crippen molar-refractivity contribution in [3.63, 3.8) is 0 Å². The van der Waals surface area contributed by atoms with Gasteiger partial charge in [0.05, 0.1) is 11.4 Å². The molecular weight excluding hydrogens is 435 g/mol. The minimum atomic E-state index is -0.682. The standard InChI is InChI=1S/C24H29FN8O/c1-26-23-21(13-20(30-31-23)18-3-2-4-19(25)22(18)34)32-9-11-33(12-10-32)24-28-14-17(15-29-24)16-5-7-27-8-6-16/h2-4,13-16,27,34H,5-12H2,1H3,(H,26,31). The summed E-state index contributed by atoms with van der Waals surface area (Å²) in [6.07, 6.45) is 6.22. The Kier molecular flexibility index (Phi) is 6.39. The van der Waals surface area contributed by atoms with Gasteiger partial charge in [-0.15, -0.1) is 10.2 Å². The Morgan fingerprint density at radius 3 is 2.44 bits per heavy atom. The monoisotopic (exact) mass is 464 g/mol. The fourth-order valence-corrected chi connectivity index (χ4v) is 4.66. The average Bonchev–Trinajstić information content (AvgIpc) is 2.91. The number of hydrogen-bond donors (Lipinski definition) is 3. The van der Waals surface area contributed by atoms with Gasteiger partial charge in [0.2, 0.25) is 5.95 Å². The first kappa shape index (κ1) is 22.3. The molecule has 1 aromatic carbocycles. The third kappa shape index (κ3) is 4.45. The summed E-state index contributed by atoms with van der Waals surface area (Å²) in [5.74, 6) is 0.825. The van der Waals surface area contributed by atoms with E-state index in [4.69, 9.17) is 0 Å². The molecule has 10 heteroatoms. The van der Waals surface area contributed by atoms with Crippen LogP contribution in [0.15, 0.2) is 36.7 Å². The van der Waals surface area contributed by atoms with Crippen LogP contribution in [-0.4, -0.2) is 71.6 Å². The van der Waals surface area contributed by atoms with E-state index in [1.807, 2.05) is 18.5 Å². The number of aromatic hydroxyl groups is 1. The Balaban J connectivity index is 1.30. The Morgan fingerprint density at radius 2 is 1.74 bits per heavy atom. The number of hydrogen-bond acceptors (Lipinski definition) is 9. The Hall–Kier alpha value is -3.53. The van der Waals surface area contributed by atoms with Crippen molar-refractivity contribution in [3.8, 4) is 17.0 Å². The van der Waals surface area contributed by atoms with Crippen LogP contribution in [0.25, 0.3) is 11.3 Å². The predicted molar refractivity (Wildman–Crippen MR) is 130 cm³/mol. The number of anilines is 3. The summed E-state index contributed by atoms with van der Waals surface area (Å²) >= 11 is 0. The molecule has 2 saturated heterocycles. The SMILES string of the molecule is CNc1nnc(-c2cccc(F)c2O)cc1N1CCN(c2ncc(C3CCNCC3)cn2)CC1. The third-order valence-electron chi connectivity index (χ3n) is 6.65. The smallest absolute Gasteiger partial charge is 0.225 e. The van der Waals surface area contributed by atoms with Gasteiger partial charge in [-0.25, -0.2) is 14.4 Å². The lowest BCUT2D eigenvalue weighted by atomic mass is 9.92. The van der Waals surface area contributed by atoms with Crippen LogP contribution in [0.4, 0.5) is 21.8 Å². The van der Waals surface area contributed by atoms with Gasteiger partial charge in [0, 0.05) is 51.2 Å². The molecule has 34 heavy (non-hydrogen) atoms. The van der Waals surface area contributed by atoms with Crippen molar-refractivity contribution < 1.29 is 9.50 Å². The number of nitrogens with zero attached hydrogens (tertiary/aromatic N) is 6. The number of benzene rings is 1. The van der Waals surface area contributed by atoms with Gasteiger partial charge in [-0.1, -0.05) is 6.07 Å². The van der Waals surface area contributed by atoms with Gasteiger partial charge in [0.1, 0.15) is 0 Å². The van der Waals surface area contributed by atoms with E-state index in [0.29, 0.717) is 23.0 Å². The van der Waals surface area contributed by atoms with Crippen LogP contribution in [0.5, 0.6) is 5.75 Å². The Labute approximate surface area is 198 Å². The number of piperazine rings is 1. The number of halogens is 1. The summed E-state index contributed by atoms with van der Waals surface area (Å²) in [7, 11) is 1.79. The zero-order valence-electron chi connectivity index (χ0n) is 19.2. The van der Waals surface area contributed by atoms with Crippen LogP contribution in [0.1, 0.15) is 24.3 Å². The minimum absolute atomic E-state index is 0.317. The average molecular weight is 465 g/mol. The second-order valence-corrected chi connectivity index (χ2v) is 8.66. The fraction of sp³-hybridized carbons (Fsp3) is 0.417. The number of phenolic OH excluding ortho intramolecular Hbond substituents is 1. The minimum Gasteiger partial charge on any atom is -0.504 e. The highest BCUT2D eigenvalue weighted by atomic mass is 19.1. The van der Waals surface area contributed by atoms with Gasteiger partial charge in [0.15, 0.2) is 17.4 Å². The van der Waals surface area contributed by atoms with Crippen molar-refractivity contribution in [2.24, 2.45) is 0 Å². The highest BCUT2D eigenvalue weighted by Gasteiger charge is 2.24. The molecule has 3 N–H and O–H groups in total. The summed E-state index contributed by atoms with van der Waals surface area (Å²) in [6, 6.07) is 6.24. The predicted octanol–water partition coefficient (Wildman–Crippen LogP) is 2.61. The lowest BCUT2D eigenvalue weighted by Crippen LogP contribution is -2.47. The number of aromatic nitrogens is 4. The zero-order valence-corrected chi connectivity index (χ0v) is 19.2. The zero-order chi connectivity index (χ0) is 23.5. The number of rotatable bonds is 5. The second kappa shape index (κ2) is 9.76. The van der Waals surface area contributed by atoms with E-state index >= 15 is 0 Å². The van der Waals surface area contributed by atoms with Crippen molar-refractivity contribution in [2.75, 3.05) is 61.4 Å². The molecule has 2 aliphatic rings. The van der Waals surface area contributed by atoms with E-state index in [0.717, 1.165) is 63.7 Å². The second-order valence-electron chi connectivity index (χ2n) is 8.66. The number of para-hydroxylation sites is 1. The first-order valence-electron chi connectivity index (χ1n) is 11.7. The maximum absolute atomic E-state index is 13.9. The third-order valence-corrected chi connectivity index (χ3v) is 6.65. The quantitative estimate of drug-likeness (QED) is 0.526. The van der Waals surface area contributed by atoms with Crippen molar-refractivity contribution in [2.45, 2.75) is 18.8 Å². The van der Waals surface area contributed by atoms with Crippen LogP contribution in [0.2, 0.25) is 0 Å². The summed E-state index contributed by atoms with van der Waals surface area (Å²) in [5, 5.41) is 25.1. The van der Waals surface area contributed by atoms with Crippen LogP contribution in [-0.2, 0) is 0 Å². The Bertz CT molecular complexity index is 1130. The largest absolute Gasteiger partial charge is 0.504 e. The lowest BCUT2D eigenvalue weighted by Gasteiger charge is -2.36. The topological polar surface area (TPSA) is 102 Å². The van der Waals surface area contributed by atoms with Crippen molar-refractivity contribution in [3.05, 3.63) is 48.0 Å². The molecule has 5 rings (SSSR count). The summed E-state index contributed by atoms with van der Waals surface area (Å²) in [5.41, 5.74) is 2.82. The van der Waals surface area contributed by atoms with E-state index in [1.54, 1.807) is 19.2 Å². The van der Waals surface area contributed by atoms with Crippen molar-refractivity contribution >= 4 is 17.5 Å². The van der Waals surface area contributed by atoms with Gasteiger partial charge in [-0.2, -0.15) is 0 Å². The lowest BCUT2D eigenvalue weighted by molar-refractivity contribution is 0.434. The molecule has 9 nitrogen and oxygen atoms in total. The first-order valence-corrected chi connectivity index (χ1v) is 11.7. The molecule has 0 saturated carbocycles. The van der Waals surface area contributed by atoms with E-state index in [1.165, 1.54) is 11.6 Å². The molecule has 2 aliphatic heterocycles. The molecule has 4 heterocycles. The van der Waals surface area contributed by atoms with Crippen molar-refractivity contribution in [1.82, 2.24) is 25.5 Å². The van der Waals surface area contributed by atoms with Gasteiger partial charge in [-0.3, -0.25) is 0 Å². The number of piperidine rings is 1. The molecule has 0 radical (unpaired) electrons. The normalized spacial score (nSPS) is 17.1. The van der Waals surface area contributed by atoms with Crippen LogP contribution in [0, 0.1) is 5.82 Å². The molecule has 0 spiro atoms. The van der Waals surface area contributed by atoms with E-state index in [-0.39, 0.29) is 0 Å². The molecule has 0 amide bonds. The molecule has 0 unspecified atom stereocenters. The Morgan fingerprint density at radius 1 is 1.03 bits per heavy atom. The van der Waals surface area contributed by atoms with Crippen LogP contribution in [0.3, 0.4) is 0 Å². The molecule has 0 bridgehead atoms. The number of phenols is 1. The molecule has 3 aromatic rings. The van der Waals surface area contributed by atoms with Gasteiger partial charge >= 0.3 is 0 Å². The van der Waals surface area contributed by atoms with E-state index < -0.39 is 11.6 Å². The van der Waals surface area contributed by atoms with Gasteiger partial charge < -0.3 is 25.5 Å². The maximum Gasteiger partial charge on any atom is 0.225 e. The summed E-state index contributed by atoms with van der Waals surface area (Å²) in [6.45, 7) is 5.11. The molecule has 0 aliphatic carbocycles. The number of nitrogens with one attached hydrogen (secondary N) is 2. The van der Waals surface area contributed by atoms with Crippen LogP contribution < -0.4 is 20.4 Å². The molecule has 178 valence electrons. The van der Waals surface area contributed by atoms with E-state index in [2.05, 4.69) is 40.6 Å². The van der Waals surface area contributed by atoms with Crippen molar-refractivity contribution in [1.29, 1.82) is 0 Å². The molecular formula is C24H29FN8O. The molecule has 2 fully saturated rings. The van der Waals surface area contributed by atoms with Crippen LogP contribution >= 0.6 is 0 Å². The highest BCUT2D eigenvalue weighted by molar-refractivity contribution is 5.75. The molecule has 2 aromatic heterocycles.